The Kier molecular flexibility index (Phi) is 5.36. The maximum atomic E-state index is 13.3. The summed E-state index contributed by atoms with van der Waals surface area (Å²) in [5.41, 5.74) is 1.77. The Morgan fingerprint density at radius 2 is 1.61 bits per heavy atom. The lowest BCUT2D eigenvalue weighted by molar-refractivity contribution is 0.944. The SMILES string of the molecule is O=c1c2ccccc2nc(C=Cc2cccc(Br)c2)n1-c1c(Cl)cccc1Cl. The minimum absolute atomic E-state index is 0.227. The first kappa shape index (κ1) is 18.9. The second kappa shape index (κ2) is 7.92. The van der Waals surface area contributed by atoms with Crippen LogP contribution in [0.4, 0.5) is 0 Å². The fourth-order valence-electron chi connectivity index (χ4n) is 2.96. The van der Waals surface area contributed by atoms with Crippen molar-refractivity contribution in [3.05, 3.63) is 103 Å². The molecule has 4 rings (SSSR count). The molecule has 0 amide bonds. The maximum absolute atomic E-state index is 13.3. The van der Waals surface area contributed by atoms with Gasteiger partial charge in [0.25, 0.3) is 5.56 Å². The van der Waals surface area contributed by atoms with Gasteiger partial charge in [0.2, 0.25) is 0 Å². The highest BCUT2D eigenvalue weighted by atomic mass is 79.9. The molecule has 1 heterocycles. The lowest BCUT2D eigenvalue weighted by Crippen LogP contribution is -2.23. The summed E-state index contributed by atoms with van der Waals surface area (Å²) in [6.45, 7) is 0. The van der Waals surface area contributed by atoms with Crippen LogP contribution in [-0.2, 0) is 0 Å². The number of benzene rings is 3. The summed E-state index contributed by atoms with van der Waals surface area (Å²) in [5.74, 6) is 0.443. The van der Waals surface area contributed by atoms with Crippen LogP contribution in [0.5, 0.6) is 0 Å². The van der Waals surface area contributed by atoms with Crippen LogP contribution in [0.3, 0.4) is 0 Å². The summed E-state index contributed by atoms with van der Waals surface area (Å²) in [4.78, 5) is 18.0. The highest BCUT2D eigenvalue weighted by Gasteiger charge is 2.16. The molecular formula is C22H13BrCl2N2O. The number of halogens is 3. The summed E-state index contributed by atoms with van der Waals surface area (Å²) in [7, 11) is 0. The first-order valence-corrected chi connectivity index (χ1v) is 9.99. The van der Waals surface area contributed by atoms with Crippen LogP contribution in [0.1, 0.15) is 11.4 Å². The van der Waals surface area contributed by atoms with E-state index in [4.69, 9.17) is 23.2 Å². The zero-order valence-electron chi connectivity index (χ0n) is 14.4. The van der Waals surface area contributed by atoms with Gasteiger partial charge < -0.3 is 0 Å². The smallest absolute Gasteiger partial charge is 0.266 e. The van der Waals surface area contributed by atoms with Crippen LogP contribution in [0.25, 0.3) is 28.7 Å². The van der Waals surface area contributed by atoms with E-state index in [0.717, 1.165) is 10.0 Å². The van der Waals surface area contributed by atoms with Gasteiger partial charge in [0.05, 0.1) is 26.6 Å². The molecule has 0 N–H and O–H groups in total. The Morgan fingerprint density at radius 3 is 2.36 bits per heavy atom. The third kappa shape index (κ3) is 3.63. The molecule has 1 aromatic heterocycles. The average molecular weight is 472 g/mol. The molecule has 0 saturated heterocycles. The fourth-order valence-corrected chi connectivity index (χ4v) is 3.94. The Labute approximate surface area is 180 Å². The molecule has 3 nitrogen and oxygen atoms in total. The monoisotopic (exact) mass is 470 g/mol. The van der Waals surface area contributed by atoms with Gasteiger partial charge in [0.15, 0.2) is 0 Å². The van der Waals surface area contributed by atoms with E-state index in [9.17, 15) is 4.79 Å². The van der Waals surface area contributed by atoms with Gasteiger partial charge in [-0.3, -0.25) is 9.36 Å². The van der Waals surface area contributed by atoms with Crippen molar-refractivity contribution >= 4 is 62.2 Å². The molecule has 0 bridgehead atoms. The van der Waals surface area contributed by atoms with E-state index >= 15 is 0 Å². The summed E-state index contributed by atoms with van der Waals surface area (Å²) in [5, 5.41) is 1.26. The molecule has 28 heavy (non-hydrogen) atoms. The van der Waals surface area contributed by atoms with Crippen molar-refractivity contribution < 1.29 is 0 Å². The molecular weight excluding hydrogens is 459 g/mol. The quantitative estimate of drug-likeness (QED) is 0.336. The second-order valence-electron chi connectivity index (χ2n) is 6.09. The van der Waals surface area contributed by atoms with Crippen molar-refractivity contribution in [2.45, 2.75) is 0 Å². The number of hydrogen-bond donors (Lipinski definition) is 0. The molecule has 0 fully saturated rings. The zero-order valence-corrected chi connectivity index (χ0v) is 17.5. The minimum Gasteiger partial charge on any atom is -0.268 e. The topological polar surface area (TPSA) is 34.9 Å². The Balaban J connectivity index is 2.00. The predicted octanol–water partition coefficient (Wildman–Crippen LogP) is 6.63. The molecule has 0 aliphatic heterocycles. The highest BCUT2D eigenvalue weighted by Crippen LogP contribution is 2.29. The molecule has 0 atom stereocenters. The lowest BCUT2D eigenvalue weighted by atomic mass is 10.2. The summed E-state index contributed by atoms with van der Waals surface area (Å²) in [6, 6.07) is 20.2. The van der Waals surface area contributed by atoms with Crippen LogP contribution in [0.2, 0.25) is 10.0 Å². The van der Waals surface area contributed by atoms with Crippen molar-refractivity contribution in [2.24, 2.45) is 0 Å². The standard InChI is InChI=1S/C22H13BrCl2N2O/c23-15-6-3-5-14(13-15)11-12-20-26-19-10-2-1-7-16(19)22(28)27(20)21-17(24)8-4-9-18(21)25/h1-13H. The maximum Gasteiger partial charge on any atom is 0.266 e. The van der Waals surface area contributed by atoms with Crippen molar-refractivity contribution in [3.63, 3.8) is 0 Å². The highest BCUT2D eigenvalue weighted by molar-refractivity contribution is 9.10. The largest absolute Gasteiger partial charge is 0.268 e. The van der Waals surface area contributed by atoms with E-state index in [1.54, 1.807) is 36.4 Å². The lowest BCUT2D eigenvalue weighted by Gasteiger charge is -2.14. The number of hydrogen-bond acceptors (Lipinski definition) is 2. The first-order chi connectivity index (χ1) is 13.5. The Hall–Kier alpha value is -2.40. The number of para-hydroxylation sites is 2. The number of aromatic nitrogens is 2. The van der Waals surface area contributed by atoms with Crippen LogP contribution in [0.15, 0.2) is 76.0 Å². The molecule has 0 saturated carbocycles. The Bertz CT molecular complexity index is 1260. The van der Waals surface area contributed by atoms with Gasteiger partial charge in [-0.15, -0.1) is 0 Å². The number of nitrogens with zero attached hydrogens (tertiary/aromatic N) is 2. The first-order valence-electron chi connectivity index (χ1n) is 8.44. The number of rotatable bonds is 3. The minimum atomic E-state index is -0.227. The van der Waals surface area contributed by atoms with Gasteiger partial charge >= 0.3 is 0 Å². The van der Waals surface area contributed by atoms with E-state index in [-0.39, 0.29) is 5.56 Å². The molecule has 3 aromatic carbocycles. The normalized spacial score (nSPS) is 11.4. The fraction of sp³-hybridized carbons (Fsp3) is 0. The van der Waals surface area contributed by atoms with Gasteiger partial charge in [0, 0.05) is 4.47 Å². The van der Waals surface area contributed by atoms with Gasteiger partial charge in [-0.25, -0.2) is 4.98 Å². The van der Waals surface area contributed by atoms with Crippen LogP contribution < -0.4 is 5.56 Å². The van der Waals surface area contributed by atoms with Gasteiger partial charge in [-0.1, -0.05) is 75.5 Å². The third-order valence-corrected chi connectivity index (χ3v) is 5.34. The summed E-state index contributed by atoms with van der Waals surface area (Å²) < 4.78 is 2.43. The van der Waals surface area contributed by atoms with Crippen LogP contribution >= 0.6 is 39.1 Å². The van der Waals surface area contributed by atoms with E-state index in [2.05, 4.69) is 20.9 Å². The average Bonchev–Trinajstić information content (AvgIpc) is 2.68. The van der Waals surface area contributed by atoms with Crippen molar-refractivity contribution in [1.29, 1.82) is 0 Å². The molecule has 0 aliphatic rings. The van der Waals surface area contributed by atoms with Crippen LogP contribution in [-0.4, -0.2) is 9.55 Å². The van der Waals surface area contributed by atoms with Crippen molar-refractivity contribution in [2.75, 3.05) is 0 Å². The van der Waals surface area contributed by atoms with Gasteiger partial charge in [0.1, 0.15) is 5.82 Å². The van der Waals surface area contributed by atoms with Crippen molar-refractivity contribution in [3.8, 4) is 5.69 Å². The summed E-state index contributed by atoms with van der Waals surface area (Å²) in [6.07, 6.45) is 3.68. The molecule has 0 radical (unpaired) electrons. The van der Waals surface area contributed by atoms with E-state index in [1.165, 1.54) is 4.57 Å². The number of fused-ring (bicyclic) bond motifs is 1. The van der Waals surface area contributed by atoms with Gasteiger partial charge in [-0.05, 0) is 48.0 Å². The third-order valence-electron chi connectivity index (χ3n) is 4.24. The van der Waals surface area contributed by atoms with E-state index in [0.29, 0.717) is 32.5 Å². The predicted molar refractivity (Wildman–Crippen MR) is 120 cm³/mol. The summed E-state index contributed by atoms with van der Waals surface area (Å²) >= 11 is 16.3. The van der Waals surface area contributed by atoms with Crippen molar-refractivity contribution in [1.82, 2.24) is 9.55 Å². The van der Waals surface area contributed by atoms with E-state index in [1.807, 2.05) is 42.5 Å². The molecule has 138 valence electrons. The van der Waals surface area contributed by atoms with E-state index < -0.39 is 0 Å². The van der Waals surface area contributed by atoms with Gasteiger partial charge in [-0.2, -0.15) is 0 Å². The zero-order chi connectivity index (χ0) is 19.7. The van der Waals surface area contributed by atoms with Crippen LogP contribution in [0, 0.1) is 0 Å². The molecule has 0 aliphatic carbocycles. The molecule has 0 unspecified atom stereocenters. The Morgan fingerprint density at radius 1 is 0.893 bits per heavy atom. The molecule has 4 aromatic rings. The molecule has 0 spiro atoms. The second-order valence-corrected chi connectivity index (χ2v) is 7.82. The molecule has 6 heteroatoms.